The largest absolute Gasteiger partial charge is 0.573 e. The molecule has 0 saturated carbocycles. The van der Waals surface area contributed by atoms with E-state index >= 15 is 0 Å². The molecule has 0 fully saturated rings. The zero-order valence-corrected chi connectivity index (χ0v) is 8.81. The van der Waals surface area contributed by atoms with E-state index in [0.717, 1.165) is 18.6 Å². The molecule has 0 spiro atoms. The Morgan fingerprint density at radius 2 is 2.00 bits per heavy atom. The maximum atomic E-state index is 13.4. The van der Waals surface area contributed by atoms with Crippen LogP contribution >= 0.6 is 0 Å². The van der Waals surface area contributed by atoms with Crippen molar-refractivity contribution in [3.05, 3.63) is 36.1 Å². The average molecular weight is 264 g/mol. The molecule has 2 nitrogen and oxygen atoms in total. The Morgan fingerprint density at radius 3 is 2.61 bits per heavy atom. The molecule has 0 atom stereocenters. The molecule has 18 heavy (non-hydrogen) atoms. The number of rotatable bonds is 3. The minimum atomic E-state index is -4.89. The number of alkyl halides is 4. The second-order valence-electron chi connectivity index (χ2n) is 3.45. The van der Waals surface area contributed by atoms with Crippen LogP contribution in [0.1, 0.15) is 5.56 Å². The van der Waals surface area contributed by atoms with Crippen LogP contribution in [0.15, 0.2) is 18.3 Å². The van der Waals surface area contributed by atoms with Gasteiger partial charge in [0, 0.05) is 18.0 Å². The lowest BCUT2D eigenvalue weighted by Crippen LogP contribution is -2.17. The van der Waals surface area contributed by atoms with Gasteiger partial charge >= 0.3 is 6.36 Å². The van der Waals surface area contributed by atoms with Gasteiger partial charge in [0.05, 0.1) is 12.2 Å². The fourth-order valence-corrected chi connectivity index (χ4v) is 1.66. The number of H-pyrrole nitrogens is 1. The number of aromatic amines is 1. The summed E-state index contributed by atoms with van der Waals surface area (Å²) in [6, 6.07) is 1.70. The molecule has 0 unspecified atom stereocenters. The number of benzene rings is 1. The molecule has 1 radical (unpaired) electrons. The first-order valence-electron chi connectivity index (χ1n) is 4.87. The molecule has 0 amide bonds. The number of fused-ring (bicyclic) bond motifs is 1. The highest BCUT2D eigenvalue weighted by Crippen LogP contribution is 2.34. The fourth-order valence-electron chi connectivity index (χ4n) is 1.66. The summed E-state index contributed by atoms with van der Waals surface area (Å²) >= 11 is 0. The van der Waals surface area contributed by atoms with E-state index in [2.05, 4.69) is 9.72 Å². The zero-order valence-electron chi connectivity index (χ0n) is 8.81. The van der Waals surface area contributed by atoms with Crippen LogP contribution in [0.5, 0.6) is 5.75 Å². The normalized spacial score (nSPS) is 12.1. The molecule has 1 N–H and O–H groups in total. The highest BCUT2D eigenvalue weighted by molar-refractivity contribution is 5.90. The molecule has 0 aliphatic rings. The van der Waals surface area contributed by atoms with Crippen LogP contribution in [0.25, 0.3) is 10.9 Å². The van der Waals surface area contributed by atoms with Crippen LogP contribution in [0.4, 0.5) is 22.0 Å². The summed E-state index contributed by atoms with van der Waals surface area (Å²) in [5.74, 6) is -1.31. The lowest BCUT2D eigenvalue weighted by atomic mass is 10.1. The monoisotopic (exact) mass is 264 g/mol. The molecule has 97 valence electrons. The molecule has 0 bridgehead atoms. The molecule has 7 heteroatoms. The van der Waals surface area contributed by atoms with Crippen molar-refractivity contribution >= 4 is 10.9 Å². The number of hydrogen-bond acceptors (Lipinski definition) is 1. The van der Waals surface area contributed by atoms with Gasteiger partial charge in [-0.05, 0) is 17.7 Å². The van der Waals surface area contributed by atoms with E-state index < -0.39 is 24.6 Å². The predicted molar refractivity (Wildman–Crippen MR) is 54.3 cm³/mol. The summed E-state index contributed by atoms with van der Waals surface area (Å²) in [7, 11) is 0. The van der Waals surface area contributed by atoms with Crippen molar-refractivity contribution in [2.24, 2.45) is 0 Å². The summed E-state index contributed by atoms with van der Waals surface area (Å²) in [5, 5.41) is -0.134. The first-order valence-corrected chi connectivity index (χ1v) is 4.87. The van der Waals surface area contributed by atoms with Gasteiger partial charge < -0.3 is 9.72 Å². The summed E-state index contributed by atoms with van der Waals surface area (Å²) < 4.78 is 65.9. The zero-order chi connectivity index (χ0) is 13.3. The van der Waals surface area contributed by atoms with Gasteiger partial charge in [-0.3, -0.25) is 4.39 Å². The Hall–Kier alpha value is -1.79. The second-order valence-corrected chi connectivity index (χ2v) is 3.45. The van der Waals surface area contributed by atoms with Crippen molar-refractivity contribution in [3.8, 4) is 5.75 Å². The van der Waals surface area contributed by atoms with Gasteiger partial charge in [-0.15, -0.1) is 13.2 Å². The van der Waals surface area contributed by atoms with Gasteiger partial charge in [0.1, 0.15) is 11.6 Å². The van der Waals surface area contributed by atoms with Crippen molar-refractivity contribution in [1.29, 1.82) is 0 Å². The Kier molecular flexibility index (Phi) is 3.14. The molecule has 1 aromatic heterocycles. The minimum absolute atomic E-state index is 0.117. The lowest BCUT2D eigenvalue weighted by Gasteiger charge is -2.11. The average Bonchev–Trinajstić information content (AvgIpc) is 2.66. The van der Waals surface area contributed by atoms with Crippen LogP contribution in [0, 0.1) is 12.2 Å². The third kappa shape index (κ3) is 2.39. The van der Waals surface area contributed by atoms with Crippen molar-refractivity contribution in [2.45, 2.75) is 6.36 Å². The van der Waals surface area contributed by atoms with Gasteiger partial charge in [-0.2, -0.15) is 0 Å². The van der Waals surface area contributed by atoms with E-state index in [0.29, 0.717) is 0 Å². The minimum Gasteiger partial charge on any atom is -0.405 e. The Morgan fingerprint density at radius 1 is 1.28 bits per heavy atom. The van der Waals surface area contributed by atoms with Crippen molar-refractivity contribution in [3.63, 3.8) is 0 Å². The Labute approximate surface area is 98.4 Å². The van der Waals surface area contributed by atoms with Crippen molar-refractivity contribution in [1.82, 2.24) is 4.98 Å². The molecule has 0 saturated heterocycles. The van der Waals surface area contributed by atoms with Crippen LogP contribution in [0.2, 0.25) is 0 Å². The van der Waals surface area contributed by atoms with Crippen molar-refractivity contribution in [2.75, 3.05) is 6.67 Å². The van der Waals surface area contributed by atoms with E-state index in [-0.39, 0.29) is 16.5 Å². The quantitative estimate of drug-likeness (QED) is 0.839. The maximum absolute atomic E-state index is 13.4. The number of nitrogens with one attached hydrogen (secondary N) is 1. The second kappa shape index (κ2) is 4.47. The van der Waals surface area contributed by atoms with E-state index in [4.69, 9.17) is 0 Å². The maximum Gasteiger partial charge on any atom is 0.573 e. The highest BCUT2D eigenvalue weighted by atomic mass is 19.4. The molecule has 0 aliphatic heterocycles. The smallest absolute Gasteiger partial charge is 0.405 e. The van der Waals surface area contributed by atoms with Crippen molar-refractivity contribution < 1.29 is 26.7 Å². The highest BCUT2D eigenvalue weighted by Gasteiger charge is 2.32. The summed E-state index contributed by atoms with van der Waals surface area (Å²) in [6.45, 7) is -0.880. The first-order chi connectivity index (χ1) is 8.42. The van der Waals surface area contributed by atoms with E-state index in [1.165, 1.54) is 6.20 Å². The topological polar surface area (TPSA) is 25.0 Å². The number of aromatic nitrogens is 1. The van der Waals surface area contributed by atoms with Gasteiger partial charge in [-0.1, -0.05) is 0 Å². The van der Waals surface area contributed by atoms with E-state index in [1.807, 2.05) is 0 Å². The van der Waals surface area contributed by atoms with E-state index in [9.17, 15) is 22.0 Å². The van der Waals surface area contributed by atoms with Crippen LogP contribution < -0.4 is 4.74 Å². The molecule has 2 rings (SSSR count). The predicted octanol–water partition coefficient (Wildman–Crippen LogP) is 3.73. The number of ether oxygens (including phenoxy) is 1. The standard InChI is InChI=1S/C11H7F5NO/c12-4-3-6-5-17-10-7(13)1-2-8(9(6)10)18-11(14,15)16/h1-3,5,17H,4H2. The third-order valence-electron chi connectivity index (χ3n) is 2.30. The third-order valence-corrected chi connectivity index (χ3v) is 2.30. The molecule has 2 aromatic rings. The Bertz CT molecular complexity index is 560. The lowest BCUT2D eigenvalue weighted by molar-refractivity contribution is -0.274. The summed E-state index contributed by atoms with van der Waals surface area (Å²) in [4.78, 5) is 2.45. The summed E-state index contributed by atoms with van der Waals surface area (Å²) in [6.07, 6.45) is -2.65. The van der Waals surface area contributed by atoms with Gasteiger partial charge in [-0.25, -0.2) is 4.39 Å². The summed E-state index contributed by atoms with van der Waals surface area (Å²) in [5.41, 5.74) is -0.0392. The SMILES string of the molecule is FC[CH]c1c[nH]c2c(F)ccc(OC(F)(F)F)c12. The molecule has 1 heterocycles. The van der Waals surface area contributed by atoms with Crippen LogP contribution in [-0.2, 0) is 0 Å². The molecular formula is C11H7F5NO. The molecule has 0 aliphatic carbocycles. The molecule has 1 aromatic carbocycles. The Balaban J connectivity index is 2.58. The van der Waals surface area contributed by atoms with Gasteiger partial charge in [0.15, 0.2) is 0 Å². The van der Waals surface area contributed by atoms with Crippen LogP contribution in [0.3, 0.4) is 0 Å². The van der Waals surface area contributed by atoms with Crippen LogP contribution in [-0.4, -0.2) is 18.0 Å². The fraction of sp³-hybridized carbons (Fsp3) is 0.182. The molecular weight excluding hydrogens is 257 g/mol. The first kappa shape index (κ1) is 12.7. The van der Waals surface area contributed by atoms with Gasteiger partial charge in [0.2, 0.25) is 0 Å². The van der Waals surface area contributed by atoms with E-state index in [1.54, 1.807) is 0 Å². The number of halogens is 5. The van der Waals surface area contributed by atoms with Gasteiger partial charge in [0.25, 0.3) is 0 Å². The number of hydrogen-bond donors (Lipinski definition) is 1.